The maximum atomic E-state index is 14.3. The summed E-state index contributed by atoms with van der Waals surface area (Å²) in [7, 11) is -1.92. The Morgan fingerprint density at radius 3 is 2.36 bits per heavy atom. The molecule has 1 amide bonds. The molecule has 1 aromatic carbocycles. The Kier molecular flexibility index (Phi) is 5.54. The van der Waals surface area contributed by atoms with Crippen LogP contribution in [-0.4, -0.2) is 58.6 Å². The molecule has 39 heavy (non-hydrogen) atoms. The minimum Gasteiger partial charge on any atom is -0.330 e. The highest BCUT2D eigenvalue weighted by molar-refractivity contribution is 7.92. The summed E-state index contributed by atoms with van der Waals surface area (Å²) >= 11 is 0. The predicted molar refractivity (Wildman–Crippen MR) is 134 cm³/mol. The molecule has 7 nitrogen and oxygen atoms in total. The van der Waals surface area contributed by atoms with Crippen molar-refractivity contribution in [2.75, 3.05) is 18.6 Å². The van der Waals surface area contributed by atoms with Gasteiger partial charge in [-0.2, -0.15) is 17.6 Å². The van der Waals surface area contributed by atoms with E-state index in [0.29, 0.717) is 24.9 Å². The number of rotatable bonds is 4. The molecule has 1 aliphatic heterocycles. The van der Waals surface area contributed by atoms with Crippen LogP contribution >= 0.6 is 0 Å². The molecule has 3 aromatic rings. The fourth-order valence-electron chi connectivity index (χ4n) is 7.11. The molecule has 0 radical (unpaired) electrons. The average Bonchev–Trinajstić information content (AvgIpc) is 3.30. The molecule has 12 heteroatoms. The molecule has 1 spiro atoms. The number of benzene rings is 1. The van der Waals surface area contributed by atoms with Crippen molar-refractivity contribution in [1.29, 1.82) is 0 Å². The van der Waals surface area contributed by atoms with E-state index in [2.05, 4.69) is 10.1 Å². The van der Waals surface area contributed by atoms with E-state index in [4.69, 9.17) is 0 Å². The lowest BCUT2D eigenvalue weighted by Gasteiger charge is -2.53. The first-order valence-corrected chi connectivity index (χ1v) is 14.6. The zero-order valence-corrected chi connectivity index (χ0v) is 22.5. The number of hydrogen-bond donors (Lipinski definition) is 0. The van der Waals surface area contributed by atoms with Gasteiger partial charge in [0.05, 0.1) is 17.2 Å². The van der Waals surface area contributed by atoms with Crippen molar-refractivity contribution in [3.8, 4) is 0 Å². The Morgan fingerprint density at radius 2 is 1.77 bits per heavy atom. The molecule has 2 aliphatic carbocycles. The van der Waals surface area contributed by atoms with Gasteiger partial charge in [0.15, 0.2) is 21.5 Å². The van der Waals surface area contributed by atoms with E-state index >= 15 is 0 Å². The van der Waals surface area contributed by atoms with Crippen molar-refractivity contribution >= 4 is 21.4 Å². The van der Waals surface area contributed by atoms with E-state index in [-0.39, 0.29) is 28.4 Å². The van der Waals surface area contributed by atoms with Crippen molar-refractivity contribution in [2.24, 2.45) is 11.3 Å². The van der Waals surface area contributed by atoms with E-state index in [1.54, 1.807) is 18.3 Å². The standard InChI is InChI=1S/C27H28F4N4O3S/c1-25(2)11-18(19-12-32-21-8-20(28)33-35(21)23(19)25)15-4-6-16(7-5-15)22(27(29,30)31)34(3)24(36)17-9-26(10-17)13-39(37,38)14-26/h4-8,12,17-18,22H,9-11,13-14H2,1-3H3/t18-,22-/m0/s1. The van der Waals surface area contributed by atoms with Crippen molar-refractivity contribution in [2.45, 2.75) is 56.7 Å². The van der Waals surface area contributed by atoms with Gasteiger partial charge in [-0.1, -0.05) is 38.1 Å². The van der Waals surface area contributed by atoms with Crippen LogP contribution in [-0.2, 0) is 20.0 Å². The number of aromatic nitrogens is 3. The van der Waals surface area contributed by atoms with Gasteiger partial charge in [-0.25, -0.2) is 17.9 Å². The lowest BCUT2D eigenvalue weighted by molar-refractivity contribution is -0.193. The van der Waals surface area contributed by atoms with E-state index < -0.39 is 45.2 Å². The van der Waals surface area contributed by atoms with Gasteiger partial charge >= 0.3 is 6.18 Å². The third-order valence-electron chi connectivity index (χ3n) is 8.67. The van der Waals surface area contributed by atoms with Crippen LogP contribution < -0.4 is 0 Å². The number of hydrogen-bond acceptors (Lipinski definition) is 5. The summed E-state index contributed by atoms with van der Waals surface area (Å²) in [6.07, 6.45) is -1.77. The van der Waals surface area contributed by atoms with Gasteiger partial charge in [0.1, 0.15) is 0 Å². The molecule has 6 rings (SSSR count). The Morgan fingerprint density at radius 1 is 1.13 bits per heavy atom. The van der Waals surface area contributed by atoms with Gasteiger partial charge in [-0.3, -0.25) is 4.79 Å². The Hall–Kier alpha value is -3.02. The normalized spacial score (nSPS) is 23.7. The second-order valence-electron chi connectivity index (χ2n) is 12.1. The number of carbonyl (C=O) groups is 1. The van der Waals surface area contributed by atoms with Crippen LogP contribution in [0.4, 0.5) is 17.6 Å². The van der Waals surface area contributed by atoms with Crippen molar-refractivity contribution in [3.63, 3.8) is 0 Å². The minimum absolute atomic E-state index is 0.00906. The molecule has 3 heterocycles. The number of carbonyl (C=O) groups excluding carboxylic acids is 1. The largest absolute Gasteiger partial charge is 0.413 e. The van der Waals surface area contributed by atoms with Crippen LogP contribution in [0.1, 0.15) is 67.5 Å². The van der Waals surface area contributed by atoms with Crippen LogP contribution in [0.15, 0.2) is 36.5 Å². The van der Waals surface area contributed by atoms with Crippen molar-refractivity contribution < 1.29 is 30.8 Å². The van der Waals surface area contributed by atoms with Crippen LogP contribution in [0.3, 0.4) is 0 Å². The third-order valence-corrected chi connectivity index (χ3v) is 10.8. The fourth-order valence-corrected chi connectivity index (χ4v) is 9.36. The molecular weight excluding hydrogens is 536 g/mol. The Balaban J connectivity index is 1.25. The molecule has 2 aromatic heterocycles. The van der Waals surface area contributed by atoms with E-state index in [1.807, 2.05) is 13.8 Å². The lowest BCUT2D eigenvalue weighted by Crippen LogP contribution is -2.59. The number of alkyl halides is 3. The molecule has 208 valence electrons. The Bertz CT molecular complexity index is 1580. The van der Waals surface area contributed by atoms with Gasteiger partial charge in [-0.15, -0.1) is 5.10 Å². The first kappa shape index (κ1) is 26.2. The number of fused-ring (bicyclic) bond motifs is 3. The molecule has 1 saturated carbocycles. The third kappa shape index (κ3) is 4.22. The van der Waals surface area contributed by atoms with Gasteiger partial charge in [-0.05, 0) is 35.8 Å². The van der Waals surface area contributed by atoms with E-state index in [1.165, 1.54) is 22.7 Å². The minimum atomic E-state index is -4.70. The van der Waals surface area contributed by atoms with E-state index in [0.717, 1.165) is 28.8 Å². The monoisotopic (exact) mass is 564 g/mol. The van der Waals surface area contributed by atoms with E-state index in [9.17, 15) is 30.8 Å². The summed E-state index contributed by atoms with van der Waals surface area (Å²) in [6.45, 7) is 4.03. The Labute approximate surface area is 223 Å². The highest BCUT2D eigenvalue weighted by Crippen LogP contribution is 2.54. The first-order chi connectivity index (χ1) is 18.1. The maximum Gasteiger partial charge on any atom is 0.413 e. The number of amides is 1. The summed E-state index contributed by atoms with van der Waals surface area (Å²) in [5.41, 5.74) is 1.99. The van der Waals surface area contributed by atoms with Crippen LogP contribution in [0, 0.1) is 17.3 Å². The lowest BCUT2D eigenvalue weighted by atomic mass is 9.63. The average molecular weight is 565 g/mol. The zero-order chi connectivity index (χ0) is 28.1. The second-order valence-corrected chi connectivity index (χ2v) is 14.2. The highest BCUT2D eigenvalue weighted by Gasteiger charge is 2.59. The maximum absolute atomic E-state index is 14.3. The predicted octanol–water partition coefficient (Wildman–Crippen LogP) is 4.57. The quantitative estimate of drug-likeness (QED) is 0.434. The first-order valence-electron chi connectivity index (χ1n) is 12.8. The summed E-state index contributed by atoms with van der Waals surface area (Å²) in [5, 5.41) is 3.96. The second kappa shape index (κ2) is 8.25. The number of halogens is 4. The smallest absolute Gasteiger partial charge is 0.330 e. The van der Waals surface area contributed by atoms with Crippen LogP contribution in [0.2, 0.25) is 0 Å². The molecule has 0 bridgehead atoms. The van der Waals surface area contributed by atoms with Crippen molar-refractivity contribution in [1.82, 2.24) is 19.5 Å². The summed E-state index contributed by atoms with van der Waals surface area (Å²) in [5.74, 6) is -2.01. The summed E-state index contributed by atoms with van der Waals surface area (Å²) in [4.78, 5) is 18.1. The molecular formula is C27H28F4N4O3S. The zero-order valence-electron chi connectivity index (χ0n) is 21.7. The topological polar surface area (TPSA) is 84.6 Å². The molecule has 0 unspecified atom stereocenters. The molecule has 0 N–H and O–H groups in total. The van der Waals surface area contributed by atoms with Crippen LogP contribution in [0.5, 0.6) is 0 Å². The number of nitrogens with zero attached hydrogens (tertiary/aromatic N) is 4. The van der Waals surface area contributed by atoms with Gasteiger partial charge in [0.25, 0.3) is 0 Å². The summed E-state index contributed by atoms with van der Waals surface area (Å²) < 4.78 is 81.2. The summed E-state index contributed by atoms with van der Waals surface area (Å²) in [6, 6.07) is 5.23. The molecule has 3 aliphatic rings. The van der Waals surface area contributed by atoms with Gasteiger partial charge in [0.2, 0.25) is 11.9 Å². The number of sulfone groups is 1. The van der Waals surface area contributed by atoms with Gasteiger partial charge < -0.3 is 4.90 Å². The van der Waals surface area contributed by atoms with Gasteiger partial charge in [0, 0.05) is 42.1 Å². The highest BCUT2D eigenvalue weighted by atomic mass is 32.2. The SMILES string of the molecule is CN(C(=O)C1CC2(C1)CS(=O)(=O)C2)[C@@H](c1ccc([C@@H]2CC(C)(C)c3c2cnc2cc(F)nn32)cc1)C(F)(F)F. The molecule has 2 atom stereocenters. The molecule has 2 fully saturated rings. The van der Waals surface area contributed by atoms with Crippen LogP contribution in [0.25, 0.3) is 5.65 Å². The fraction of sp³-hybridized carbons (Fsp3) is 0.519. The molecule has 1 saturated heterocycles. The van der Waals surface area contributed by atoms with Crippen molar-refractivity contribution in [3.05, 3.63) is 64.9 Å².